The van der Waals surface area contributed by atoms with E-state index in [0.717, 1.165) is 24.1 Å². The van der Waals surface area contributed by atoms with Crippen LogP contribution in [0.1, 0.15) is 30.4 Å². The molecule has 136 valence electrons. The second kappa shape index (κ2) is 7.82. The Bertz CT molecular complexity index is 929. The number of nitrogens with zero attached hydrogens (tertiary/aromatic N) is 4. The maximum absolute atomic E-state index is 6.28. The monoisotopic (exact) mass is 409 g/mol. The summed E-state index contributed by atoms with van der Waals surface area (Å²) in [6, 6.07) is 5.26. The van der Waals surface area contributed by atoms with E-state index in [0.29, 0.717) is 38.2 Å². The molecule has 0 radical (unpaired) electrons. The van der Waals surface area contributed by atoms with Crippen molar-refractivity contribution < 1.29 is 0 Å². The van der Waals surface area contributed by atoms with Gasteiger partial charge in [-0.1, -0.05) is 48.1 Å². The van der Waals surface area contributed by atoms with Gasteiger partial charge in [0.1, 0.15) is 11.6 Å². The highest BCUT2D eigenvalue weighted by Crippen LogP contribution is 2.36. The molecule has 3 aromatic rings. The zero-order valence-electron chi connectivity index (χ0n) is 14.6. The topological polar surface area (TPSA) is 55.6 Å². The van der Waals surface area contributed by atoms with Gasteiger partial charge in [-0.15, -0.1) is 0 Å². The van der Waals surface area contributed by atoms with Crippen LogP contribution < -0.4 is 5.32 Å². The first kappa shape index (κ1) is 19.0. The summed E-state index contributed by atoms with van der Waals surface area (Å²) in [6.07, 6.45) is 3.88. The van der Waals surface area contributed by atoms with E-state index < -0.39 is 0 Å². The van der Waals surface area contributed by atoms with Gasteiger partial charge in [0, 0.05) is 16.8 Å². The fourth-order valence-electron chi connectivity index (χ4n) is 2.61. The number of halogens is 3. The molecule has 5 nitrogen and oxygen atoms in total. The number of benzene rings is 1. The zero-order chi connectivity index (χ0) is 18.8. The molecule has 0 aliphatic heterocycles. The van der Waals surface area contributed by atoms with Gasteiger partial charge in [0.15, 0.2) is 5.82 Å². The van der Waals surface area contributed by atoms with Gasteiger partial charge in [-0.2, -0.15) is 5.10 Å². The highest BCUT2D eigenvalue weighted by molar-refractivity contribution is 6.41. The van der Waals surface area contributed by atoms with Crippen molar-refractivity contribution in [1.29, 1.82) is 0 Å². The van der Waals surface area contributed by atoms with Gasteiger partial charge in [-0.25, -0.2) is 14.6 Å². The van der Waals surface area contributed by atoms with Crippen molar-refractivity contribution >= 4 is 46.3 Å². The van der Waals surface area contributed by atoms with Gasteiger partial charge in [-0.05, 0) is 38.5 Å². The zero-order valence-corrected chi connectivity index (χ0v) is 16.9. The van der Waals surface area contributed by atoms with Crippen LogP contribution in [0.15, 0.2) is 24.4 Å². The minimum atomic E-state index is 0.420. The van der Waals surface area contributed by atoms with Crippen molar-refractivity contribution in [2.75, 3.05) is 5.32 Å². The van der Waals surface area contributed by atoms with E-state index in [1.165, 1.54) is 0 Å². The lowest BCUT2D eigenvalue weighted by molar-refractivity contribution is 0.777. The Labute approximate surface area is 167 Å². The minimum Gasteiger partial charge on any atom is -0.337 e. The van der Waals surface area contributed by atoms with Gasteiger partial charge in [0.25, 0.3) is 0 Å². The quantitative estimate of drug-likeness (QED) is 0.566. The maximum Gasteiger partial charge on any atom is 0.162 e. The molecular formula is C18H18Cl3N5. The van der Waals surface area contributed by atoms with Crippen molar-refractivity contribution in [3.05, 3.63) is 56.5 Å². The third kappa shape index (κ3) is 3.95. The summed E-state index contributed by atoms with van der Waals surface area (Å²) in [5.74, 6) is 1.94. The highest BCUT2D eigenvalue weighted by Gasteiger charge is 2.15. The number of anilines is 2. The molecule has 1 aromatic carbocycles. The van der Waals surface area contributed by atoms with Gasteiger partial charge in [0.05, 0.1) is 21.4 Å². The van der Waals surface area contributed by atoms with Crippen LogP contribution in [0.3, 0.4) is 0 Å². The van der Waals surface area contributed by atoms with Gasteiger partial charge in [0.2, 0.25) is 0 Å². The lowest BCUT2D eigenvalue weighted by Gasteiger charge is -2.15. The molecule has 0 spiro atoms. The predicted octanol–water partition coefficient (Wildman–Crippen LogP) is 5.94. The summed E-state index contributed by atoms with van der Waals surface area (Å²) in [4.78, 5) is 9.03. The van der Waals surface area contributed by atoms with E-state index in [4.69, 9.17) is 34.8 Å². The Kier molecular flexibility index (Phi) is 5.70. The van der Waals surface area contributed by atoms with Crippen LogP contribution in [0.2, 0.25) is 15.1 Å². The average Bonchev–Trinajstić information content (AvgIpc) is 3.02. The van der Waals surface area contributed by atoms with E-state index in [2.05, 4.69) is 27.3 Å². The summed E-state index contributed by atoms with van der Waals surface area (Å²) in [6.45, 7) is 5.88. The summed E-state index contributed by atoms with van der Waals surface area (Å²) in [5.41, 5.74) is 2.42. The first-order valence-electron chi connectivity index (χ1n) is 8.20. The van der Waals surface area contributed by atoms with E-state index in [1.54, 1.807) is 16.8 Å². The summed E-state index contributed by atoms with van der Waals surface area (Å²) < 4.78 is 1.77. The molecule has 0 atom stereocenters. The summed E-state index contributed by atoms with van der Waals surface area (Å²) >= 11 is 18.5. The highest BCUT2D eigenvalue weighted by atomic mass is 35.5. The Hall–Kier alpha value is -1.82. The third-order valence-corrected chi connectivity index (χ3v) is 4.66. The van der Waals surface area contributed by atoms with Gasteiger partial charge in [-0.3, -0.25) is 0 Å². The number of hydrogen-bond donors (Lipinski definition) is 1. The van der Waals surface area contributed by atoms with Crippen molar-refractivity contribution in [2.45, 2.75) is 33.6 Å². The van der Waals surface area contributed by atoms with Crippen molar-refractivity contribution in [2.24, 2.45) is 0 Å². The lowest BCUT2D eigenvalue weighted by Crippen LogP contribution is -2.09. The van der Waals surface area contributed by atoms with Gasteiger partial charge < -0.3 is 5.32 Å². The summed E-state index contributed by atoms with van der Waals surface area (Å²) in [7, 11) is 0. The smallest absolute Gasteiger partial charge is 0.162 e. The number of rotatable bonds is 5. The number of aryl methyl sites for hydroxylation is 2. The molecule has 0 amide bonds. The van der Waals surface area contributed by atoms with E-state index >= 15 is 0 Å². The van der Waals surface area contributed by atoms with Crippen LogP contribution in [0.4, 0.5) is 11.5 Å². The molecule has 0 fully saturated rings. The molecule has 0 saturated carbocycles. The second-order valence-electron chi connectivity index (χ2n) is 5.94. The van der Waals surface area contributed by atoms with Crippen molar-refractivity contribution in [3.8, 4) is 5.82 Å². The van der Waals surface area contributed by atoms with Crippen LogP contribution in [-0.2, 0) is 6.42 Å². The van der Waals surface area contributed by atoms with Crippen LogP contribution in [0.25, 0.3) is 5.82 Å². The Morgan fingerprint density at radius 3 is 2.42 bits per heavy atom. The Morgan fingerprint density at radius 1 is 1.08 bits per heavy atom. The SMILES string of the molecule is CCCc1ccn(-c2nc(C)nc(Nc3c(Cl)cc(Cl)cc3Cl)c2C)n1. The van der Waals surface area contributed by atoms with E-state index in [9.17, 15) is 0 Å². The Morgan fingerprint density at radius 2 is 1.77 bits per heavy atom. The maximum atomic E-state index is 6.28. The molecule has 8 heteroatoms. The summed E-state index contributed by atoms with van der Waals surface area (Å²) in [5, 5.41) is 9.11. The van der Waals surface area contributed by atoms with Crippen LogP contribution in [0, 0.1) is 13.8 Å². The molecule has 0 bridgehead atoms. The number of aromatic nitrogens is 4. The molecule has 26 heavy (non-hydrogen) atoms. The molecular weight excluding hydrogens is 393 g/mol. The average molecular weight is 411 g/mol. The fraction of sp³-hybridized carbons (Fsp3) is 0.278. The molecule has 3 rings (SSSR count). The molecule has 2 aromatic heterocycles. The van der Waals surface area contributed by atoms with Gasteiger partial charge >= 0.3 is 0 Å². The van der Waals surface area contributed by atoms with Crippen LogP contribution in [0.5, 0.6) is 0 Å². The lowest BCUT2D eigenvalue weighted by atomic mass is 10.2. The first-order valence-corrected chi connectivity index (χ1v) is 9.34. The molecule has 0 unspecified atom stereocenters. The van der Waals surface area contributed by atoms with E-state index in [-0.39, 0.29) is 0 Å². The van der Waals surface area contributed by atoms with Crippen LogP contribution in [-0.4, -0.2) is 19.7 Å². The number of nitrogens with one attached hydrogen (secondary N) is 1. The standard InChI is InChI=1S/C18H18Cl3N5/c1-4-5-13-6-7-26(25-13)18-10(2)17(22-11(3)23-18)24-16-14(20)8-12(19)9-15(16)21/h6-9H,4-5H2,1-3H3,(H,22,23,24). The normalized spacial score (nSPS) is 11.0. The van der Waals surface area contributed by atoms with Crippen LogP contribution >= 0.6 is 34.8 Å². The minimum absolute atomic E-state index is 0.420. The number of hydrogen-bond acceptors (Lipinski definition) is 4. The van der Waals surface area contributed by atoms with Crippen molar-refractivity contribution in [1.82, 2.24) is 19.7 Å². The largest absolute Gasteiger partial charge is 0.337 e. The van der Waals surface area contributed by atoms with E-state index in [1.807, 2.05) is 26.1 Å². The molecule has 1 N–H and O–H groups in total. The Balaban J connectivity index is 2.02. The van der Waals surface area contributed by atoms with Crippen molar-refractivity contribution in [3.63, 3.8) is 0 Å². The molecule has 0 aliphatic rings. The fourth-order valence-corrected chi connectivity index (χ4v) is 3.52. The third-order valence-electron chi connectivity index (χ3n) is 3.85. The predicted molar refractivity (Wildman–Crippen MR) is 107 cm³/mol. The first-order chi connectivity index (χ1) is 12.4. The second-order valence-corrected chi connectivity index (χ2v) is 7.19. The molecule has 0 aliphatic carbocycles. The molecule has 0 saturated heterocycles. The molecule has 2 heterocycles.